The van der Waals surface area contributed by atoms with E-state index in [1.165, 1.54) is 0 Å². The smallest absolute Gasteiger partial charge is 0.313 e. The molecule has 154 valence electrons. The Morgan fingerprint density at radius 1 is 1.00 bits per heavy atom. The zero-order valence-corrected chi connectivity index (χ0v) is 16.7. The first kappa shape index (κ1) is 21.0. The highest BCUT2D eigenvalue weighted by atomic mass is 16.4. The molecule has 0 aromatic heterocycles. The van der Waals surface area contributed by atoms with Gasteiger partial charge in [-0.2, -0.15) is 0 Å². The number of allylic oxidation sites excluding steroid dienone is 2. The van der Waals surface area contributed by atoms with Crippen molar-refractivity contribution in [2.45, 2.75) is 25.3 Å². The van der Waals surface area contributed by atoms with Crippen molar-refractivity contribution in [2.24, 2.45) is 5.92 Å². The molecule has 1 aliphatic rings. The molecule has 3 rings (SSSR count). The number of amides is 2. The van der Waals surface area contributed by atoms with Crippen molar-refractivity contribution >= 4 is 23.5 Å². The number of nitrogens with one attached hydrogen (secondary N) is 2. The number of aliphatic carboxylic acids is 1. The van der Waals surface area contributed by atoms with Crippen molar-refractivity contribution in [1.82, 2.24) is 5.32 Å². The van der Waals surface area contributed by atoms with Gasteiger partial charge in [-0.3, -0.25) is 14.4 Å². The van der Waals surface area contributed by atoms with Gasteiger partial charge in [0.1, 0.15) is 5.92 Å². The summed E-state index contributed by atoms with van der Waals surface area (Å²) in [5, 5.41) is 15.3. The zero-order valence-electron chi connectivity index (χ0n) is 16.7. The van der Waals surface area contributed by atoms with Crippen molar-refractivity contribution in [1.29, 1.82) is 0 Å². The third-order valence-corrected chi connectivity index (χ3v) is 5.21. The molecule has 0 aliphatic heterocycles. The van der Waals surface area contributed by atoms with Gasteiger partial charge in [-0.25, -0.2) is 0 Å². The number of carbonyl (C=O) groups excluding carboxylic acids is 2. The molecule has 2 atom stereocenters. The van der Waals surface area contributed by atoms with Gasteiger partial charge in [-0.15, -0.1) is 0 Å². The minimum atomic E-state index is -1.04. The molecular weight excluding hydrogens is 380 g/mol. The fraction of sp³-hybridized carbons (Fsp3) is 0.208. The van der Waals surface area contributed by atoms with Gasteiger partial charge in [-0.1, -0.05) is 73.7 Å². The minimum Gasteiger partial charge on any atom is -0.481 e. The Balaban J connectivity index is 1.80. The number of hydrogen-bond acceptors (Lipinski definition) is 3. The SMILES string of the molecule is CCC1(NC(=O)c2ccccc2NC(=O)Cc2ccccc2)C=CC=CC1C(=O)O. The lowest BCUT2D eigenvalue weighted by Gasteiger charge is -2.36. The lowest BCUT2D eigenvalue weighted by Crippen LogP contribution is -2.54. The number of rotatable bonds is 7. The maximum atomic E-state index is 13.1. The zero-order chi connectivity index (χ0) is 21.6. The van der Waals surface area contributed by atoms with Gasteiger partial charge in [0.05, 0.1) is 23.2 Å². The summed E-state index contributed by atoms with van der Waals surface area (Å²) in [6.07, 6.45) is 7.26. The van der Waals surface area contributed by atoms with Crippen molar-refractivity contribution in [3.63, 3.8) is 0 Å². The summed E-state index contributed by atoms with van der Waals surface area (Å²) >= 11 is 0. The molecule has 3 N–H and O–H groups in total. The summed E-state index contributed by atoms with van der Waals surface area (Å²) in [6, 6.07) is 16.0. The molecule has 6 heteroatoms. The van der Waals surface area contributed by atoms with Crippen LogP contribution in [0.3, 0.4) is 0 Å². The Labute approximate surface area is 175 Å². The van der Waals surface area contributed by atoms with Gasteiger partial charge in [0, 0.05) is 0 Å². The average molecular weight is 404 g/mol. The van der Waals surface area contributed by atoms with Crippen molar-refractivity contribution < 1.29 is 19.5 Å². The summed E-state index contributed by atoms with van der Waals surface area (Å²) in [6.45, 7) is 1.83. The van der Waals surface area contributed by atoms with Crippen LogP contribution in [0, 0.1) is 5.92 Å². The number of anilines is 1. The second-order valence-electron chi connectivity index (χ2n) is 7.16. The molecule has 2 unspecified atom stereocenters. The van der Waals surface area contributed by atoms with Crippen molar-refractivity contribution in [2.75, 3.05) is 5.32 Å². The standard InChI is InChI=1S/C24H24N2O4/c1-2-24(15-9-8-13-19(24)23(29)30)26-22(28)18-12-6-7-14-20(18)25-21(27)16-17-10-4-3-5-11-17/h3-15,19H,2,16H2,1H3,(H,25,27)(H,26,28)(H,29,30). The molecule has 0 saturated heterocycles. The van der Waals surface area contributed by atoms with E-state index in [-0.39, 0.29) is 17.9 Å². The molecule has 0 radical (unpaired) electrons. The Hall–Kier alpha value is -3.67. The quantitative estimate of drug-likeness (QED) is 0.657. The number of benzene rings is 2. The van der Waals surface area contributed by atoms with Gasteiger partial charge in [0.2, 0.25) is 5.91 Å². The topological polar surface area (TPSA) is 95.5 Å². The highest BCUT2D eigenvalue weighted by Gasteiger charge is 2.41. The van der Waals surface area contributed by atoms with Crippen LogP contribution in [0.2, 0.25) is 0 Å². The number of para-hydroxylation sites is 1. The highest BCUT2D eigenvalue weighted by molar-refractivity contribution is 6.04. The molecule has 2 aromatic carbocycles. The second kappa shape index (κ2) is 9.22. The molecule has 0 bridgehead atoms. The monoisotopic (exact) mass is 404 g/mol. The summed E-state index contributed by atoms with van der Waals surface area (Å²) in [7, 11) is 0. The lowest BCUT2D eigenvalue weighted by atomic mass is 9.78. The van der Waals surface area contributed by atoms with Gasteiger partial charge in [-0.05, 0) is 24.1 Å². The van der Waals surface area contributed by atoms with E-state index in [0.717, 1.165) is 5.56 Å². The van der Waals surface area contributed by atoms with Crippen molar-refractivity contribution in [3.8, 4) is 0 Å². The molecule has 6 nitrogen and oxygen atoms in total. The predicted octanol–water partition coefficient (Wildman–Crippen LogP) is 3.57. The van der Waals surface area contributed by atoms with Crippen molar-refractivity contribution in [3.05, 3.63) is 90.0 Å². The van der Waals surface area contributed by atoms with Crippen LogP contribution >= 0.6 is 0 Å². The fourth-order valence-corrected chi connectivity index (χ4v) is 3.57. The van der Waals surface area contributed by atoms with Gasteiger partial charge in [0.15, 0.2) is 0 Å². The fourth-order valence-electron chi connectivity index (χ4n) is 3.57. The van der Waals surface area contributed by atoms with Crippen LogP contribution in [-0.4, -0.2) is 28.4 Å². The first-order chi connectivity index (χ1) is 14.4. The largest absolute Gasteiger partial charge is 0.481 e. The first-order valence-electron chi connectivity index (χ1n) is 9.79. The summed E-state index contributed by atoms with van der Waals surface area (Å²) in [5.41, 5.74) is 0.479. The highest BCUT2D eigenvalue weighted by Crippen LogP contribution is 2.29. The molecule has 0 spiro atoms. The Morgan fingerprint density at radius 3 is 2.40 bits per heavy atom. The Kier molecular flexibility index (Phi) is 6.47. The van der Waals surface area contributed by atoms with E-state index < -0.39 is 23.3 Å². The molecule has 0 fully saturated rings. The molecule has 2 aromatic rings. The van der Waals surface area contributed by atoms with E-state index in [4.69, 9.17) is 0 Å². The van der Waals surface area contributed by atoms with E-state index in [0.29, 0.717) is 12.1 Å². The van der Waals surface area contributed by atoms with E-state index in [9.17, 15) is 19.5 Å². The third kappa shape index (κ3) is 4.66. The van der Waals surface area contributed by atoms with Crippen LogP contribution in [0.4, 0.5) is 5.69 Å². The number of hydrogen-bond donors (Lipinski definition) is 3. The van der Waals surface area contributed by atoms with E-state index in [2.05, 4.69) is 10.6 Å². The van der Waals surface area contributed by atoms with Crippen LogP contribution in [0.25, 0.3) is 0 Å². The van der Waals surface area contributed by atoms with Gasteiger partial charge < -0.3 is 15.7 Å². The van der Waals surface area contributed by atoms with Crippen LogP contribution in [0.5, 0.6) is 0 Å². The molecule has 30 heavy (non-hydrogen) atoms. The van der Waals surface area contributed by atoms with Crippen LogP contribution < -0.4 is 10.6 Å². The summed E-state index contributed by atoms with van der Waals surface area (Å²) in [5.74, 6) is -2.58. The average Bonchev–Trinajstić information content (AvgIpc) is 2.74. The second-order valence-corrected chi connectivity index (χ2v) is 7.16. The van der Waals surface area contributed by atoms with E-state index in [1.54, 1.807) is 48.6 Å². The maximum absolute atomic E-state index is 13.1. The van der Waals surface area contributed by atoms with Crippen LogP contribution in [-0.2, 0) is 16.0 Å². The lowest BCUT2D eigenvalue weighted by molar-refractivity contribution is -0.142. The van der Waals surface area contributed by atoms with Crippen LogP contribution in [0.1, 0.15) is 29.3 Å². The number of carbonyl (C=O) groups is 3. The predicted molar refractivity (Wildman–Crippen MR) is 115 cm³/mol. The summed E-state index contributed by atoms with van der Waals surface area (Å²) in [4.78, 5) is 37.3. The number of carboxylic acid groups (broad SMARTS) is 1. The normalized spacial score (nSPS) is 19.8. The molecule has 2 amide bonds. The van der Waals surface area contributed by atoms with Crippen LogP contribution in [0.15, 0.2) is 78.9 Å². The summed E-state index contributed by atoms with van der Waals surface area (Å²) < 4.78 is 0. The van der Waals surface area contributed by atoms with Gasteiger partial charge in [0.25, 0.3) is 5.91 Å². The van der Waals surface area contributed by atoms with E-state index >= 15 is 0 Å². The molecule has 0 heterocycles. The third-order valence-electron chi connectivity index (χ3n) is 5.21. The maximum Gasteiger partial charge on any atom is 0.313 e. The first-order valence-corrected chi connectivity index (χ1v) is 9.79. The van der Waals surface area contributed by atoms with E-state index in [1.807, 2.05) is 37.3 Å². The number of carboxylic acids is 1. The molecule has 1 aliphatic carbocycles. The molecule has 0 saturated carbocycles. The Bertz CT molecular complexity index is 997. The Morgan fingerprint density at radius 2 is 1.70 bits per heavy atom. The molecular formula is C24H24N2O4. The van der Waals surface area contributed by atoms with Gasteiger partial charge >= 0.3 is 5.97 Å². The minimum absolute atomic E-state index is 0.185.